The highest BCUT2D eigenvalue weighted by Crippen LogP contribution is 2.38. The molecule has 1 atom stereocenters. The van der Waals surface area contributed by atoms with Gasteiger partial charge in [0.25, 0.3) is 0 Å². The average Bonchev–Trinajstić information content (AvgIpc) is 2.93. The number of aromatic nitrogens is 2. The summed E-state index contributed by atoms with van der Waals surface area (Å²) < 4.78 is 14.8. The van der Waals surface area contributed by atoms with Crippen molar-refractivity contribution in [3.05, 3.63) is 76.8 Å². The molecule has 0 bridgehead atoms. The fraction of sp³-hybridized carbons (Fsp3) is 0.300. The van der Waals surface area contributed by atoms with Crippen LogP contribution in [0.4, 0.5) is 15.9 Å². The number of amides is 2. The Balaban J connectivity index is 2.40. The standard InChI is InChI=1S/C30H34ClFN6O3/c1-6-7-13-38(20(5)15-33-16-39)30(37-27-19(4)11-12-34-26(27)18(2)3)21-14-22(31)28(36-29(21)35-17-40)25-23(32)9-8-10-24(25)41/h6,8-12,14,16-18,20,41H,1,7,13,15H2,2-5H3,(H,33,39)(H,35,36,40). The summed E-state index contributed by atoms with van der Waals surface area (Å²) in [5.74, 6) is -0.592. The molecule has 11 heteroatoms. The van der Waals surface area contributed by atoms with E-state index in [0.717, 1.165) is 11.3 Å². The Bertz CT molecular complexity index is 1430. The van der Waals surface area contributed by atoms with Gasteiger partial charge in [-0.15, -0.1) is 6.58 Å². The van der Waals surface area contributed by atoms with Crippen LogP contribution < -0.4 is 10.6 Å². The molecule has 2 heterocycles. The van der Waals surface area contributed by atoms with Gasteiger partial charge in [0.15, 0.2) is 0 Å². The lowest BCUT2D eigenvalue weighted by atomic mass is 10.0. The number of rotatable bonds is 13. The molecule has 3 N–H and O–H groups in total. The van der Waals surface area contributed by atoms with Gasteiger partial charge in [0.2, 0.25) is 12.8 Å². The van der Waals surface area contributed by atoms with Crippen molar-refractivity contribution in [3.63, 3.8) is 0 Å². The first kappa shape index (κ1) is 31.2. The number of pyridine rings is 2. The van der Waals surface area contributed by atoms with Crippen LogP contribution in [0.15, 0.2) is 54.2 Å². The predicted octanol–water partition coefficient (Wildman–Crippen LogP) is 5.73. The number of hydrogen-bond donors (Lipinski definition) is 3. The van der Waals surface area contributed by atoms with E-state index in [1.54, 1.807) is 12.3 Å². The molecule has 216 valence electrons. The molecule has 9 nitrogen and oxygen atoms in total. The van der Waals surface area contributed by atoms with Crippen molar-refractivity contribution in [2.24, 2.45) is 4.99 Å². The molecule has 1 unspecified atom stereocenters. The van der Waals surface area contributed by atoms with E-state index in [1.807, 2.05) is 38.7 Å². The van der Waals surface area contributed by atoms with Gasteiger partial charge >= 0.3 is 0 Å². The smallest absolute Gasteiger partial charge is 0.212 e. The molecular weight excluding hydrogens is 547 g/mol. The number of halogens is 2. The van der Waals surface area contributed by atoms with Crippen molar-refractivity contribution in [1.82, 2.24) is 20.2 Å². The largest absolute Gasteiger partial charge is 0.507 e. The monoisotopic (exact) mass is 580 g/mol. The number of phenolic OH excluding ortho intramolecular Hbond substituents is 1. The Morgan fingerprint density at radius 2 is 2.00 bits per heavy atom. The molecule has 0 spiro atoms. The number of hydrogen-bond acceptors (Lipinski definition) is 6. The molecule has 0 radical (unpaired) electrons. The summed E-state index contributed by atoms with van der Waals surface area (Å²) in [4.78, 5) is 39.0. The van der Waals surface area contributed by atoms with E-state index in [-0.39, 0.29) is 39.8 Å². The number of aliphatic imine (C=N–C) groups is 1. The summed E-state index contributed by atoms with van der Waals surface area (Å²) in [6.45, 7) is 12.5. The van der Waals surface area contributed by atoms with Crippen LogP contribution in [0.3, 0.4) is 0 Å². The molecule has 0 saturated heterocycles. The molecule has 0 aliphatic carbocycles. The second kappa shape index (κ2) is 14.4. The van der Waals surface area contributed by atoms with Gasteiger partial charge in [-0.25, -0.2) is 14.4 Å². The van der Waals surface area contributed by atoms with Crippen molar-refractivity contribution in [2.45, 2.75) is 46.1 Å². The summed E-state index contributed by atoms with van der Waals surface area (Å²) >= 11 is 6.70. The molecule has 2 amide bonds. The van der Waals surface area contributed by atoms with Gasteiger partial charge in [0.1, 0.15) is 23.2 Å². The number of nitrogens with one attached hydrogen (secondary N) is 2. The summed E-state index contributed by atoms with van der Waals surface area (Å²) in [5.41, 5.74) is 2.38. The Kier molecular flexibility index (Phi) is 10.9. The molecule has 3 rings (SSSR count). The summed E-state index contributed by atoms with van der Waals surface area (Å²) in [5, 5.41) is 15.7. The molecule has 0 saturated carbocycles. The van der Waals surface area contributed by atoms with Gasteiger partial charge in [-0.1, -0.05) is 37.6 Å². The van der Waals surface area contributed by atoms with Crippen LogP contribution in [-0.4, -0.2) is 57.8 Å². The number of benzene rings is 1. The maximum absolute atomic E-state index is 14.8. The second-order valence-electron chi connectivity index (χ2n) is 9.71. The predicted molar refractivity (Wildman–Crippen MR) is 160 cm³/mol. The first-order chi connectivity index (χ1) is 19.6. The van der Waals surface area contributed by atoms with Crippen molar-refractivity contribution in [1.29, 1.82) is 0 Å². The number of aryl methyl sites for hydroxylation is 1. The van der Waals surface area contributed by atoms with Gasteiger partial charge in [-0.2, -0.15) is 0 Å². The third kappa shape index (κ3) is 7.26. The number of amidine groups is 1. The van der Waals surface area contributed by atoms with E-state index >= 15 is 0 Å². The quantitative estimate of drug-likeness (QED) is 0.103. The lowest BCUT2D eigenvalue weighted by Gasteiger charge is -2.33. The molecular formula is C30H34ClFN6O3. The minimum atomic E-state index is -0.730. The molecule has 0 aliphatic heterocycles. The second-order valence-corrected chi connectivity index (χ2v) is 10.1. The van der Waals surface area contributed by atoms with E-state index in [1.165, 1.54) is 24.3 Å². The molecule has 0 aliphatic rings. The van der Waals surface area contributed by atoms with Crippen LogP contribution in [0, 0.1) is 12.7 Å². The van der Waals surface area contributed by atoms with E-state index in [0.29, 0.717) is 49.4 Å². The number of phenols is 1. The van der Waals surface area contributed by atoms with Crippen molar-refractivity contribution < 1.29 is 19.1 Å². The van der Waals surface area contributed by atoms with E-state index in [9.17, 15) is 19.1 Å². The molecule has 0 fully saturated rings. The van der Waals surface area contributed by atoms with Crippen molar-refractivity contribution in [3.8, 4) is 17.0 Å². The number of anilines is 1. The SMILES string of the molecule is C=CCCN(C(=Nc1c(C)ccnc1C(C)C)c1cc(Cl)c(-c2c(O)cccc2F)nc1NC=O)C(C)CNC=O. The molecule has 3 aromatic rings. The fourth-order valence-electron chi connectivity index (χ4n) is 4.37. The summed E-state index contributed by atoms with van der Waals surface area (Å²) in [7, 11) is 0. The Morgan fingerprint density at radius 3 is 2.63 bits per heavy atom. The first-order valence-corrected chi connectivity index (χ1v) is 13.5. The minimum absolute atomic E-state index is 0.0267. The lowest BCUT2D eigenvalue weighted by molar-refractivity contribution is -0.109. The van der Waals surface area contributed by atoms with Crippen LogP contribution in [0.2, 0.25) is 5.02 Å². The van der Waals surface area contributed by atoms with Crippen LogP contribution >= 0.6 is 11.6 Å². The fourth-order valence-corrected chi connectivity index (χ4v) is 4.61. The molecule has 41 heavy (non-hydrogen) atoms. The zero-order valence-corrected chi connectivity index (χ0v) is 24.2. The van der Waals surface area contributed by atoms with Crippen molar-refractivity contribution in [2.75, 3.05) is 18.4 Å². The van der Waals surface area contributed by atoms with Crippen LogP contribution in [0.1, 0.15) is 49.9 Å². The van der Waals surface area contributed by atoms with Gasteiger partial charge in [0.05, 0.1) is 33.2 Å². The number of aromatic hydroxyl groups is 1. The van der Waals surface area contributed by atoms with Crippen molar-refractivity contribution >= 4 is 41.8 Å². The number of nitrogens with zero attached hydrogens (tertiary/aromatic N) is 4. The molecule has 1 aromatic carbocycles. The Hall–Kier alpha value is -4.31. The minimum Gasteiger partial charge on any atom is -0.507 e. The lowest BCUT2D eigenvalue weighted by Crippen LogP contribution is -2.45. The molecule has 2 aromatic heterocycles. The van der Waals surface area contributed by atoms with E-state index in [4.69, 9.17) is 16.6 Å². The maximum Gasteiger partial charge on any atom is 0.212 e. The van der Waals surface area contributed by atoms with Crippen LogP contribution in [0.5, 0.6) is 5.75 Å². The number of carbonyl (C=O) groups is 2. The topological polar surface area (TPSA) is 120 Å². The van der Waals surface area contributed by atoms with Crippen LogP contribution in [-0.2, 0) is 9.59 Å². The zero-order valence-electron chi connectivity index (χ0n) is 23.5. The average molecular weight is 581 g/mol. The van der Waals surface area contributed by atoms with Gasteiger partial charge in [-0.3, -0.25) is 14.6 Å². The highest BCUT2D eigenvalue weighted by atomic mass is 35.5. The first-order valence-electron chi connectivity index (χ1n) is 13.1. The Morgan fingerprint density at radius 1 is 1.24 bits per heavy atom. The maximum atomic E-state index is 14.8. The van der Waals surface area contributed by atoms with Gasteiger partial charge in [0, 0.05) is 25.3 Å². The third-order valence-corrected chi connectivity index (χ3v) is 6.72. The van der Waals surface area contributed by atoms with E-state index < -0.39 is 5.82 Å². The zero-order chi connectivity index (χ0) is 30.1. The number of carbonyl (C=O) groups excluding carboxylic acids is 2. The van der Waals surface area contributed by atoms with Gasteiger partial charge < -0.3 is 20.6 Å². The summed E-state index contributed by atoms with van der Waals surface area (Å²) in [6.07, 6.45) is 5.13. The van der Waals surface area contributed by atoms with Crippen LogP contribution in [0.25, 0.3) is 11.3 Å². The van der Waals surface area contributed by atoms with E-state index in [2.05, 4.69) is 27.2 Å². The third-order valence-electron chi connectivity index (χ3n) is 6.43. The summed E-state index contributed by atoms with van der Waals surface area (Å²) in [6, 6.07) is 6.98. The Labute approximate surface area is 244 Å². The van der Waals surface area contributed by atoms with Gasteiger partial charge in [-0.05, 0) is 56.0 Å². The highest BCUT2D eigenvalue weighted by molar-refractivity contribution is 6.33. The highest BCUT2D eigenvalue weighted by Gasteiger charge is 2.27. The normalized spacial score (nSPS) is 12.1.